The predicted molar refractivity (Wildman–Crippen MR) is 43.8 cm³/mol. The summed E-state index contributed by atoms with van der Waals surface area (Å²) >= 11 is 1.73. The van der Waals surface area contributed by atoms with Gasteiger partial charge >= 0.3 is 0 Å². The highest BCUT2D eigenvalue weighted by molar-refractivity contribution is 7.97. The van der Waals surface area contributed by atoms with Crippen molar-refractivity contribution in [3.05, 3.63) is 18.2 Å². The fourth-order valence-corrected chi connectivity index (χ4v) is 1.40. The number of nitriles is 1. The highest BCUT2D eigenvalue weighted by Crippen LogP contribution is 1.93. The third kappa shape index (κ3) is 1.99. The highest BCUT2D eigenvalue weighted by Gasteiger charge is 2.07. The van der Waals surface area contributed by atoms with Gasteiger partial charge < -0.3 is 0 Å². The van der Waals surface area contributed by atoms with Crippen LogP contribution in [0.25, 0.3) is 0 Å². The first-order valence-electron chi connectivity index (χ1n) is 3.30. The van der Waals surface area contributed by atoms with Gasteiger partial charge in [-0.25, -0.2) is 9.55 Å². The number of thioether (sulfide) groups is 1. The van der Waals surface area contributed by atoms with Crippen LogP contribution < -0.4 is 4.57 Å². The summed E-state index contributed by atoms with van der Waals surface area (Å²) in [7, 11) is 0. The Labute approximate surface area is 70.0 Å². The number of rotatable bonds is 3. The summed E-state index contributed by atoms with van der Waals surface area (Å²) in [4.78, 5) is 3.02. The molecule has 0 unspecified atom stereocenters. The molecule has 0 saturated carbocycles. The van der Waals surface area contributed by atoms with Gasteiger partial charge in [0.1, 0.15) is 24.7 Å². The van der Waals surface area contributed by atoms with Crippen LogP contribution in [0.4, 0.5) is 0 Å². The molecule has 1 rings (SSSR count). The molecular formula is C7H10N3S+. The number of nitrogens with zero attached hydrogens (tertiary/aromatic N) is 2. The molecular weight excluding hydrogens is 158 g/mol. The molecule has 0 aliphatic rings. The van der Waals surface area contributed by atoms with Crippen LogP contribution in [0.5, 0.6) is 0 Å². The monoisotopic (exact) mass is 168 g/mol. The zero-order chi connectivity index (χ0) is 8.10. The topological polar surface area (TPSA) is 43.5 Å². The Kier molecular flexibility index (Phi) is 2.99. The highest BCUT2D eigenvalue weighted by atomic mass is 32.2. The summed E-state index contributed by atoms with van der Waals surface area (Å²) in [6, 6.07) is 2.11. The van der Waals surface area contributed by atoms with Gasteiger partial charge in [0.2, 0.25) is 0 Å². The maximum atomic E-state index is 8.44. The smallest absolute Gasteiger partial charge is 0.247 e. The lowest BCUT2D eigenvalue weighted by Gasteiger charge is -1.92. The van der Waals surface area contributed by atoms with E-state index in [0.29, 0.717) is 6.42 Å². The van der Waals surface area contributed by atoms with E-state index in [1.165, 1.54) is 0 Å². The molecule has 0 aliphatic carbocycles. The number of hydrogen-bond donors (Lipinski definition) is 1. The molecule has 58 valence electrons. The van der Waals surface area contributed by atoms with E-state index in [2.05, 4.69) is 11.1 Å². The van der Waals surface area contributed by atoms with E-state index >= 15 is 0 Å². The van der Waals surface area contributed by atoms with Crippen LogP contribution in [0.1, 0.15) is 5.82 Å². The fourth-order valence-electron chi connectivity index (χ4n) is 0.884. The molecule has 0 bridgehead atoms. The van der Waals surface area contributed by atoms with E-state index in [9.17, 15) is 0 Å². The maximum absolute atomic E-state index is 8.44. The Bertz CT molecular complexity index is 261. The Balaban J connectivity index is 2.71. The van der Waals surface area contributed by atoms with Crippen LogP contribution in [-0.4, -0.2) is 11.2 Å². The molecule has 0 amide bonds. The van der Waals surface area contributed by atoms with E-state index in [0.717, 1.165) is 11.7 Å². The molecule has 0 aliphatic heterocycles. The van der Waals surface area contributed by atoms with Gasteiger partial charge in [0, 0.05) is 0 Å². The lowest BCUT2D eigenvalue weighted by Crippen LogP contribution is -2.34. The van der Waals surface area contributed by atoms with Crippen molar-refractivity contribution in [2.24, 2.45) is 0 Å². The van der Waals surface area contributed by atoms with Crippen molar-refractivity contribution in [3.8, 4) is 6.07 Å². The zero-order valence-corrected chi connectivity index (χ0v) is 7.19. The quantitative estimate of drug-likeness (QED) is 0.675. The largest absolute Gasteiger partial charge is 0.269 e. The number of aromatic amines is 1. The first-order chi connectivity index (χ1) is 5.38. The van der Waals surface area contributed by atoms with E-state index in [-0.39, 0.29) is 0 Å². The second kappa shape index (κ2) is 4.04. The van der Waals surface area contributed by atoms with Crippen LogP contribution in [0.15, 0.2) is 12.4 Å². The molecule has 0 atom stereocenters. The van der Waals surface area contributed by atoms with Gasteiger partial charge in [-0.2, -0.15) is 5.26 Å². The van der Waals surface area contributed by atoms with E-state index in [4.69, 9.17) is 5.26 Å². The fraction of sp³-hybridized carbons (Fsp3) is 0.429. The third-order valence-electron chi connectivity index (χ3n) is 1.37. The van der Waals surface area contributed by atoms with Gasteiger partial charge in [0.15, 0.2) is 0 Å². The number of imidazole rings is 1. The van der Waals surface area contributed by atoms with Crippen molar-refractivity contribution in [2.75, 3.05) is 6.26 Å². The molecule has 11 heavy (non-hydrogen) atoms. The SMILES string of the molecule is CSC[n+]1cc[nH]c1CC#N. The van der Waals surface area contributed by atoms with Crippen molar-refractivity contribution in [1.29, 1.82) is 5.26 Å². The van der Waals surface area contributed by atoms with Gasteiger partial charge in [-0.3, -0.25) is 0 Å². The minimum atomic E-state index is 0.452. The van der Waals surface area contributed by atoms with Gasteiger partial charge in [-0.05, 0) is 6.26 Å². The van der Waals surface area contributed by atoms with Crippen LogP contribution in [-0.2, 0) is 12.3 Å². The minimum absolute atomic E-state index is 0.452. The number of nitrogens with one attached hydrogen (secondary N) is 1. The Morgan fingerprint density at radius 3 is 3.27 bits per heavy atom. The summed E-state index contributed by atoms with van der Waals surface area (Å²) in [5.74, 6) is 1.88. The molecule has 3 nitrogen and oxygen atoms in total. The zero-order valence-electron chi connectivity index (χ0n) is 6.37. The van der Waals surface area contributed by atoms with Crippen molar-refractivity contribution in [1.82, 2.24) is 4.98 Å². The molecule has 4 heteroatoms. The Morgan fingerprint density at radius 1 is 1.82 bits per heavy atom. The Hall–Kier alpha value is -0.950. The van der Waals surface area contributed by atoms with Gasteiger partial charge in [-0.15, -0.1) is 11.8 Å². The summed E-state index contributed by atoms with van der Waals surface area (Å²) in [5.41, 5.74) is 0. The van der Waals surface area contributed by atoms with Gasteiger partial charge in [0.25, 0.3) is 5.82 Å². The van der Waals surface area contributed by atoms with Crippen LogP contribution in [0, 0.1) is 11.3 Å². The maximum Gasteiger partial charge on any atom is 0.269 e. The molecule has 0 spiro atoms. The molecule has 1 aromatic rings. The first kappa shape index (κ1) is 8.15. The van der Waals surface area contributed by atoms with Gasteiger partial charge in [-0.1, -0.05) is 0 Å². The average molecular weight is 168 g/mol. The molecule has 0 saturated heterocycles. The van der Waals surface area contributed by atoms with E-state index in [1.54, 1.807) is 11.8 Å². The molecule has 0 radical (unpaired) electrons. The van der Waals surface area contributed by atoms with Crippen LogP contribution in [0.3, 0.4) is 0 Å². The molecule has 1 aromatic heterocycles. The normalized spacial score (nSPS) is 9.45. The van der Waals surface area contributed by atoms with Crippen molar-refractivity contribution in [2.45, 2.75) is 12.3 Å². The molecule has 0 fully saturated rings. The average Bonchev–Trinajstić information content (AvgIpc) is 2.39. The minimum Gasteiger partial charge on any atom is -0.247 e. The number of H-pyrrole nitrogens is 1. The van der Waals surface area contributed by atoms with Crippen molar-refractivity contribution in [3.63, 3.8) is 0 Å². The van der Waals surface area contributed by atoms with Crippen LogP contribution >= 0.6 is 11.8 Å². The lowest BCUT2D eigenvalue weighted by atomic mass is 10.4. The third-order valence-corrected chi connectivity index (χ3v) is 1.90. The molecule has 1 heterocycles. The summed E-state index contributed by atoms with van der Waals surface area (Å²) in [5, 5.41) is 8.44. The first-order valence-corrected chi connectivity index (χ1v) is 4.69. The number of aromatic nitrogens is 2. The second-order valence-corrected chi connectivity index (χ2v) is 2.96. The van der Waals surface area contributed by atoms with Crippen molar-refractivity contribution < 1.29 is 4.57 Å². The molecule has 1 N–H and O–H groups in total. The number of hydrogen-bond acceptors (Lipinski definition) is 2. The Morgan fingerprint density at radius 2 is 2.64 bits per heavy atom. The van der Waals surface area contributed by atoms with E-state index < -0.39 is 0 Å². The van der Waals surface area contributed by atoms with Crippen LogP contribution in [0.2, 0.25) is 0 Å². The summed E-state index contributed by atoms with van der Waals surface area (Å²) < 4.78 is 2.04. The standard InChI is InChI=1S/C7H9N3S/c1-11-6-10-5-4-9-7(10)2-3-8/h4-5H,2,6H2,1H3/p+1. The summed E-state index contributed by atoms with van der Waals surface area (Å²) in [6.45, 7) is 0. The summed E-state index contributed by atoms with van der Waals surface area (Å²) in [6.07, 6.45) is 6.29. The lowest BCUT2D eigenvalue weighted by molar-refractivity contribution is -0.681. The van der Waals surface area contributed by atoms with Crippen molar-refractivity contribution >= 4 is 11.8 Å². The molecule has 0 aromatic carbocycles. The van der Waals surface area contributed by atoms with E-state index in [1.807, 2.05) is 23.2 Å². The predicted octanol–water partition coefficient (Wildman–Crippen LogP) is 0.689. The second-order valence-electron chi connectivity index (χ2n) is 2.13. The van der Waals surface area contributed by atoms with Gasteiger partial charge in [0.05, 0.1) is 6.07 Å².